The van der Waals surface area contributed by atoms with E-state index in [9.17, 15) is 0 Å². The van der Waals surface area contributed by atoms with Gasteiger partial charge in [-0.15, -0.1) is 13.2 Å². The first-order valence-corrected chi connectivity index (χ1v) is 8.90. The number of fused-ring (bicyclic) bond motifs is 4. The molecule has 96 valence electrons. The average molecular weight is 282 g/mol. The summed E-state index contributed by atoms with van der Waals surface area (Å²) in [5.74, 6) is 0. The summed E-state index contributed by atoms with van der Waals surface area (Å²) < 4.78 is 5.09. The van der Waals surface area contributed by atoms with Crippen LogP contribution in [0.4, 0.5) is 0 Å². The van der Waals surface area contributed by atoms with Crippen LogP contribution >= 0.6 is 0 Å². The minimum atomic E-state index is -1.08. The molecule has 0 atom stereocenters. The second-order valence-corrected chi connectivity index (χ2v) is 8.02. The summed E-state index contributed by atoms with van der Waals surface area (Å²) in [6.07, 6.45) is 0. The van der Waals surface area contributed by atoms with E-state index in [1.807, 2.05) is 11.4 Å². The molecule has 0 radical (unpaired) electrons. The van der Waals surface area contributed by atoms with Gasteiger partial charge in [0.05, 0.1) is 0 Å². The largest absolute Gasteiger partial charge is 0.460 e. The molecule has 0 amide bonds. The molecule has 0 heterocycles. The zero-order valence-corrected chi connectivity index (χ0v) is 14.3. The molecule has 2 aromatic carbocycles. The molecule has 0 saturated heterocycles. The van der Waals surface area contributed by atoms with Gasteiger partial charge in [0.15, 0.2) is 0 Å². The van der Waals surface area contributed by atoms with Gasteiger partial charge in [0.25, 0.3) is 0 Å². The minimum absolute atomic E-state index is 0.811. The molecule has 0 bridgehead atoms. The fourth-order valence-electron chi connectivity index (χ4n) is 2.13. The summed E-state index contributed by atoms with van der Waals surface area (Å²) in [6.45, 7) is 7.18. The van der Waals surface area contributed by atoms with Crippen LogP contribution in [0.25, 0.3) is 22.3 Å². The highest BCUT2D eigenvalue weighted by Gasteiger charge is 2.19. The summed E-state index contributed by atoms with van der Waals surface area (Å²) in [7, 11) is -0.271. The number of hydrogen-bond donors (Lipinski definition) is 0. The summed E-state index contributed by atoms with van der Waals surface area (Å²) in [5.41, 5.74) is 9.31. The molecule has 2 aromatic rings. The summed E-state index contributed by atoms with van der Waals surface area (Å²) in [5, 5.41) is 0. The highest BCUT2D eigenvalue weighted by molar-refractivity contribution is 6.65. The van der Waals surface area contributed by atoms with Crippen LogP contribution in [0.3, 0.4) is 0 Å². The van der Waals surface area contributed by atoms with Gasteiger partial charge in [-0.2, -0.15) is 0 Å². The van der Waals surface area contributed by atoms with Crippen molar-refractivity contribution in [2.45, 2.75) is 0 Å². The van der Waals surface area contributed by atoms with Crippen molar-refractivity contribution in [3.05, 3.63) is 73.1 Å². The monoisotopic (exact) mass is 282 g/mol. The fraction of sp³-hybridized carbons (Fsp3) is 0. The molecule has 1 nitrogen and oxygen atoms in total. The predicted octanol–water partition coefficient (Wildman–Crippen LogP) is 2.79. The fourth-order valence-corrected chi connectivity index (χ4v) is 3.86. The molecule has 19 heavy (non-hydrogen) atoms. The van der Waals surface area contributed by atoms with Crippen LogP contribution in [-0.4, -0.2) is 19.5 Å². The maximum absolute atomic E-state index is 5.09. The van der Waals surface area contributed by atoms with E-state index in [4.69, 9.17) is 4.12 Å². The van der Waals surface area contributed by atoms with E-state index in [1.165, 1.54) is 22.3 Å². The molecule has 3 heteroatoms. The van der Waals surface area contributed by atoms with Crippen LogP contribution in [0, 0.1) is 0 Å². The molecular formula is C16H18OSi2. The lowest BCUT2D eigenvalue weighted by Crippen LogP contribution is -2.08. The Morgan fingerprint density at radius 1 is 0.789 bits per heavy atom. The summed E-state index contributed by atoms with van der Waals surface area (Å²) in [6, 6.07) is 17.1. The third-order valence-corrected chi connectivity index (χ3v) is 6.28. The van der Waals surface area contributed by atoms with Crippen LogP contribution in [-0.2, 0) is 4.12 Å². The van der Waals surface area contributed by atoms with Gasteiger partial charge in [0.1, 0.15) is 10.5 Å². The molecule has 0 fully saturated rings. The van der Waals surface area contributed by atoms with Gasteiger partial charge in [0, 0.05) is 0 Å². The topological polar surface area (TPSA) is 9.23 Å². The molecule has 0 aromatic heterocycles. The van der Waals surface area contributed by atoms with Gasteiger partial charge in [-0.25, -0.2) is 0 Å². The van der Waals surface area contributed by atoms with Gasteiger partial charge >= 0.3 is 0 Å². The number of rotatable bonds is 3. The third-order valence-electron chi connectivity index (χ3n) is 3.17. The second kappa shape index (κ2) is 6.47. The first kappa shape index (κ1) is 13.7. The van der Waals surface area contributed by atoms with Crippen molar-refractivity contribution in [3.63, 3.8) is 0 Å². The van der Waals surface area contributed by atoms with Crippen molar-refractivity contribution < 1.29 is 4.12 Å². The smallest absolute Gasteiger partial charge is 0.212 e. The lowest BCUT2D eigenvalue weighted by Gasteiger charge is -2.22. The van der Waals surface area contributed by atoms with E-state index in [2.05, 4.69) is 61.7 Å². The molecule has 0 spiro atoms. The van der Waals surface area contributed by atoms with Crippen molar-refractivity contribution in [3.8, 4) is 22.3 Å². The molecule has 3 rings (SSSR count). The van der Waals surface area contributed by atoms with E-state index in [0.29, 0.717) is 0 Å². The van der Waals surface area contributed by atoms with Crippen molar-refractivity contribution in [1.82, 2.24) is 0 Å². The van der Waals surface area contributed by atoms with E-state index >= 15 is 0 Å². The van der Waals surface area contributed by atoms with Crippen molar-refractivity contribution in [2.24, 2.45) is 0 Å². The van der Waals surface area contributed by atoms with E-state index in [0.717, 1.165) is 10.5 Å². The molecule has 0 saturated carbocycles. The highest BCUT2D eigenvalue weighted by atomic mass is 28.3. The first-order valence-electron chi connectivity index (χ1n) is 6.28. The van der Waals surface area contributed by atoms with Crippen molar-refractivity contribution in [1.29, 1.82) is 0 Å². The van der Waals surface area contributed by atoms with E-state index in [1.54, 1.807) is 0 Å². The molecular weight excluding hydrogens is 264 g/mol. The van der Waals surface area contributed by atoms with Gasteiger partial charge in [-0.1, -0.05) is 59.9 Å². The second-order valence-electron chi connectivity index (χ2n) is 4.26. The van der Waals surface area contributed by atoms with Crippen LogP contribution < -0.4 is 0 Å². The van der Waals surface area contributed by atoms with Crippen LogP contribution in [0.2, 0.25) is 0 Å². The average Bonchev–Trinajstić information content (AvgIpc) is 2.47. The molecule has 0 N–H and O–H groups in total. The third kappa shape index (κ3) is 2.84. The van der Waals surface area contributed by atoms with Gasteiger partial charge in [0.2, 0.25) is 9.04 Å². The Labute approximate surface area is 119 Å². The van der Waals surface area contributed by atoms with E-state index < -0.39 is 9.04 Å². The van der Waals surface area contributed by atoms with Crippen molar-refractivity contribution >= 4 is 19.5 Å². The first-order chi connectivity index (χ1) is 9.31. The molecule has 1 aliphatic carbocycles. The molecule has 0 aliphatic heterocycles. The Bertz CT molecular complexity index is 485. The lowest BCUT2D eigenvalue weighted by atomic mass is 9.81. The summed E-state index contributed by atoms with van der Waals surface area (Å²) in [4.78, 5) is 0. The maximum atomic E-state index is 5.09. The number of hydrogen-bond acceptors (Lipinski definition) is 1. The normalized spacial score (nSPS) is 10.6. The van der Waals surface area contributed by atoms with Crippen molar-refractivity contribution in [2.75, 3.05) is 0 Å². The van der Waals surface area contributed by atoms with Crippen LogP contribution in [0.15, 0.2) is 73.1 Å². The zero-order valence-electron chi connectivity index (χ0n) is 11.2. The highest BCUT2D eigenvalue weighted by Crippen LogP contribution is 2.46. The predicted molar refractivity (Wildman–Crippen MR) is 89.4 cm³/mol. The van der Waals surface area contributed by atoms with E-state index in [-0.39, 0.29) is 0 Å². The van der Waals surface area contributed by atoms with Gasteiger partial charge in [-0.3, -0.25) is 0 Å². The van der Waals surface area contributed by atoms with Crippen LogP contribution in [0.1, 0.15) is 0 Å². The Kier molecular flexibility index (Phi) is 4.68. The Morgan fingerprint density at radius 2 is 1.11 bits per heavy atom. The molecule has 0 unspecified atom stereocenters. The SMILES string of the molecule is C=C[SiH](C=C)O[SiH3].c1ccc2c(c1)-c1ccccc1-2. The lowest BCUT2D eigenvalue weighted by molar-refractivity contribution is 0.659. The standard InChI is InChI=1S/C12H8.C4H10OSi2/c1-2-6-10-9(5-1)11-7-3-4-8-12(10)11;1-3-7(4-2)5-6/h1-8H;3-4,7H,1-2H2,6H3. The van der Waals surface area contributed by atoms with Crippen LogP contribution in [0.5, 0.6) is 0 Å². The quantitative estimate of drug-likeness (QED) is 0.671. The van der Waals surface area contributed by atoms with Gasteiger partial charge in [-0.05, 0) is 22.3 Å². The Hall–Kier alpha value is -1.69. The minimum Gasteiger partial charge on any atom is -0.460 e. The zero-order chi connectivity index (χ0) is 13.7. The Balaban J connectivity index is 0.000000167. The number of benzene rings is 2. The Morgan fingerprint density at radius 3 is 1.26 bits per heavy atom. The molecule has 1 aliphatic rings. The maximum Gasteiger partial charge on any atom is 0.212 e. The summed E-state index contributed by atoms with van der Waals surface area (Å²) >= 11 is 0. The van der Waals surface area contributed by atoms with Gasteiger partial charge < -0.3 is 4.12 Å².